The molecule has 0 atom stereocenters. The first kappa shape index (κ1) is 25.2. The van der Waals surface area contributed by atoms with Crippen molar-refractivity contribution in [2.45, 2.75) is 39.5 Å². The number of nitrogens with zero attached hydrogens (tertiary/aromatic N) is 2. The van der Waals surface area contributed by atoms with E-state index in [2.05, 4.69) is 115 Å². The summed E-state index contributed by atoms with van der Waals surface area (Å²) in [4.78, 5) is 2.56. The predicted molar refractivity (Wildman–Crippen MR) is 140 cm³/mol. The molecule has 1 heterocycles. The molecule has 0 radical (unpaired) electrons. The molecule has 0 spiro atoms. The van der Waals surface area contributed by atoms with Crippen LogP contribution in [0.25, 0.3) is 33.8 Å². The Kier molecular flexibility index (Phi) is 9.30. The Bertz CT molecular complexity index is 1220. The normalized spacial score (nSPS) is 11.2. The minimum absolute atomic E-state index is 0. The summed E-state index contributed by atoms with van der Waals surface area (Å²) in [5, 5.41) is 3.89. The molecule has 0 saturated carbocycles. The average Bonchev–Trinajstić information content (AvgIpc) is 2.83. The van der Waals surface area contributed by atoms with Gasteiger partial charge in [-0.3, -0.25) is 0 Å². The van der Waals surface area contributed by atoms with E-state index in [-0.39, 0.29) is 24.0 Å². The molecule has 3 heteroatoms. The number of pyridine rings is 1. The topological polar surface area (TPSA) is 7.12 Å². The highest BCUT2D eigenvalue weighted by Gasteiger charge is 2.08. The smallest absolute Gasteiger partial charge is 0.212 e. The van der Waals surface area contributed by atoms with Crippen LogP contribution < -0.4 is 33.4 Å². The van der Waals surface area contributed by atoms with Gasteiger partial charge in [-0.1, -0.05) is 69.2 Å². The van der Waals surface area contributed by atoms with E-state index >= 15 is 0 Å². The zero-order valence-corrected chi connectivity index (χ0v) is 22.3. The van der Waals surface area contributed by atoms with Crippen LogP contribution in [0.15, 0.2) is 72.9 Å². The van der Waals surface area contributed by atoms with Gasteiger partial charge in [-0.05, 0) is 59.0 Å². The monoisotopic (exact) mass is 550 g/mol. The van der Waals surface area contributed by atoms with Crippen LogP contribution in [0.1, 0.15) is 50.7 Å². The summed E-state index contributed by atoms with van der Waals surface area (Å²) in [6.07, 6.45) is 11.6. The number of anilines is 1. The van der Waals surface area contributed by atoms with Gasteiger partial charge < -0.3 is 28.9 Å². The molecular formula is C30H35IN2. The molecular weight excluding hydrogens is 515 g/mol. The first-order chi connectivity index (χ1) is 15.7. The Morgan fingerprint density at radius 2 is 1.48 bits per heavy atom. The van der Waals surface area contributed by atoms with Crippen molar-refractivity contribution in [1.29, 1.82) is 0 Å². The number of hydrogen-bond acceptors (Lipinski definition) is 1. The molecule has 0 fully saturated rings. The molecule has 0 aliphatic rings. The van der Waals surface area contributed by atoms with Gasteiger partial charge >= 0.3 is 0 Å². The number of fused-ring (bicyclic) bond motifs is 2. The summed E-state index contributed by atoms with van der Waals surface area (Å²) in [6, 6.07) is 24.5. The lowest BCUT2D eigenvalue weighted by Gasteiger charge is -2.25. The Labute approximate surface area is 216 Å². The largest absolute Gasteiger partial charge is 1.00 e. The van der Waals surface area contributed by atoms with Crippen LogP contribution in [-0.4, -0.2) is 13.1 Å². The molecule has 0 saturated heterocycles. The quantitative estimate of drug-likeness (QED) is 0.222. The van der Waals surface area contributed by atoms with E-state index in [0.717, 1.165) is 13.1 Å². The fourth-order valence-corrected chi connectivity index (χ4v) is 4.34. The zero-order chi connectivity index (χ0) is 22.3. The van der Waals surface area contributed by atoms with Crippen LogP contribution in [0.4, 0.5) is 5.69 Å². The van der Waals surface area contributed by atoms with Crippen molar-refractivity contribution in [2.24, 2.45) is 7.05 Å². The Hall–Kier alpha value is -2.40. The number of halogens is 1. The lowest BCUT2D eigenvalue weighted by atomic mass is 10.0. The number of para-hydroxylation sites is 1. The molecule has 3 aromatic carbocycles. The van der Waals surface area contributed by atoms with E-state index in [1.165, 1.54) is 64.2 Å². The molecule has 4 aromatic rings. The summed E-state index contributed by atoms with van der Waals surface area (Å²) in [5.74, 6) is 0. The average molecular weight is 551 g/mol. The van der Waals surface area contributed by atoms with E-state index in [1.54, 1.807) is 0 Å². The van der Waals surface area contributed by atoms with E-state index in [1.807, 2.05) is 0 Å². The van der Waals surface area contributed by atoms with Crippen molar-refractivity contribution in [3.63, 3.8) is 0 Å². The summed E-state index contributed by atoms with van der Waals surface area (Å²) < 4.78 is 2.17. The molecule has 0 unspecified atom stereocenters. The molecule has 4 rings (SSSR count). The van der Waals surface area contributed by atoms with E-state index in [4.69, 9.17) is 0 Å². The van der Waals surface area contributed by atoms with Crippen LogP contribution in [0.5, 0.6) is 0 Å². The molecule has 0 aliphatic heterocycles. The second kappa shape index (κ2) is 12.2. The van der Waals surface area contributed by atoms with Crippen molar-refractivity contribution < 1.29 is 28.5 Å². The minimum atomic E-state index is 0. The second-order valence-electron chi connectivity index (χ2n) is 8.72. The van der Waals surface area contributed by atoms with E-state index < -0.39 is 0 Å². The van der Waals surface area contributed by atoms with Gasteiger partial charge in [0.1, 0.15) is 7.05 Å². The summed E-state index contributed by atoms with van der Waals surface area (Å²) in [5.41, 5.74) is 5.08. The first-order valence-corrected chi connectivity index (χ1v) is 12.0. The van der Waals surface area contributed by atoms with Crippen LogP contribution in [0, 0.1) is 0 Å². The lowest BCUT2D eigenvalue weighted by Crippen LogP contribution is -3.00. The van der Waals surface area contributed by atoms with E-state index in [9.17, 15) is 0 Å². The van der Waals surface area contributed by atoms with Crippen molar-refractivity contribution in [3.8, 4) is 0 Å². The summed E-state index contributed by atoms with van der Waals surface area (Å²) in [6.45, 7) is 6.83. The maximum Gasteiger partial charge on any atom is 0.212 e. The number of unbranched alkanes of at least 4 members (excludes halogenated alkanes) is 2. The molecule has 2 nitrogen and oxygen atoms in total. The SMILES string of the molecule is CCCCN(CCCC)c1ccc2cc(/C=C/c3cc[n+](C)c4ccccc34)ccc2c1.[I-]. The van der Waals surface area contributed by atoms with Crippen LogP contribution in [0.2, 0.25) is 0 Å². The van der Waals surface area contributed by atoms with Gasteiger partial charge in [0.2, 0.25) is 5.52 Å². The van der Waals surface area contributed by atoms with Crippen molar-refractivity contribution in [3.05, 3.63) is 84.1 Å². The lowest BCUT2D eigenvalue weighted by molar-refractivity contribution is -0.644. The van der Waals surface area contributed by atoms with Crippen LogP contribution in [0.3, 0.4) is 0 Å². The minimum Gasteiger partial charge on any atom is -1.00 e. The number of aryl methyl sites for hydroxylation is 1. The number of rotatable bonds is 9. The first-order valence-electron chi connectivity index (χ1n) is 12.0. The molecule has 33 heavy (non-hydrogen) atoms. The third-order valence-electron chi connectivity index (χ3n) is 6.30. The fraction of sp³-hybridized carbons (Fsp3) is 0.300. The third kappa shape index (κ3) is 6.14. The maximum atomic E-state index is 2.56. The highest BCUT2D eigenvalue weighted by Crippen LogP contribution is 2.25. The van der Waals surface area contributed by atoms with E-state index in [0.29, 0.717) is 0 Å². The molecule has 1 aromatic heterocycles. The van der Waals surface area contributed by atoms with Crippen molar-refractivity contribution >= 4 is 39.5 Å². The summed E-state index contributed by atoms with van der Waals surface area (Å²) >= 11 is 0. The van der Waals surface area contributed by atoms with Gasteiger partial charge in [0.15, 0.2) is 6.20 Å². The highest BCUT2D eigenvalue weighted by molar-refractivity contribution is 5.91. The van der Waals surface area contributed by atoms with Gasteiger partial charge in [-0.15, -0.1) is 0 Å². The third-order valence-corrected chi connectivity index (χ3v) is 6.30. The Morgan fingerprint density at radius 1 is 0.788 bits per heavy atom. The molecule has 0 amide bonds. The molecule has 0 N–H and O–H groups in total. The molecule has 0 bridgehead atoms. The van der Waals surface area contributed by atoms with Crippen LogP contribution >= 0.6 is 0 Å². The zero-order valence-electron chi connectivity index (χ0n) is 20.1. The highest BCUT2D eigenvalue weighted by atomic mass is 127. The number of hydrogen-bond donors (Lipinski definition) is 0. The number of benzene rings is 3. The summed E-state index contributed by atoms with van der Waals surface area (Å²) in [7, 11) is 2.10. The van der Waals surface area contributed by atoms with Gasteiger partial charge in [0.25, 0.3) is 0 Å². The second-order valence-corrected chi connectivity index (χ2v) is 8.72. The maximum absolute atomic E-state index is 2.56. The standard InChI is InChI=1S/C30H35N2.HI/c1-4-6-19-32(20-7-5-2)28-17-16-26-22-24(13-15-27(26)23-28)12-14-25-18-21-31(3)30-11-9-8-10-29(25)30;/h8-18,21-23H,4-7,19-20H2,1-3H3;1H/q+1;/p-1. The number of aromatic nitrogens is 1. The molecule has 172 valence electrons. The Balaban J connectivity index is 0.00000306. The van der Waals surface area contributed by atoms with Crippen LogP contribution in [-0.2, 0) is 7.05 Å². The van der Waals surface area contributed by atoms with Gasteiger partial charge in [-0.25, -0.2) is 4.57 Å². The molecule has 0 aliphatic carbocycles. The van der Waals surface area contributed by atoms with Crippen molar-refractivity contribution in [1.82, 2.24) is 0 Å². The van der Waals surface area contributed by atoms with Gasteiger partial charge in [0, 0.05) is 30.9 Å². The van der Waals surface area contributed by atoms with Gasteiger partial charge in [-0.2, -0.15) is 0 Å². The fourth-order valence-electron chi connectivity index (χ4n) is 4.34. The Morgan fingerprint density at radius 3 is 2.24 bits per heavy atom. The van der Waals surface area contributed by atoms with Gasteiger partial charge in [0.05, 0.1) is 5.39 Å². The predicted octanol–water partition coefficient (Wildman–Crippen LogP) is 4.40. The van der Waals surface area contributed by atoms with Crippen molar-refractivity contribution in [2.75, 3.05) is 18.0 Å².